The van der Waals surface area contributed by atoms with Crippen molar-refractivity contribution in [3.05, 3.63) is 35.7 Å². The second-order valence-electron chi connectivity index (χ2n) is 3.62. The van der Waals surface area contributed by atoms with Gasteiger partial charge in [-0.1, -0.05) is 12.1 Å². The van der Waals surface area contributed by atoms with Gasteiger partial charge in [-0.05, 0) is 31.0 Å². The topological polar surface area (TPSA) is 72.0 Å². The number of aryl methyl sites for hydroxylation is 2. The molecular weight excluding hydrogens is 258 g/mol. The Balaban J connectivity index is 2.41. The molecule has 0 aliphatic rings. The lowest BCUT2D eigenvalue weighted by Gasteiger charge is -2.08. The van der Waals surface area contributed by atoms with Crippen LogP contribution in [0.15, 0.2) is 29.4 Å². The van der Waals surface area contributed by atoms with Crippen molar-refractivity contribution in [1.29, 1.82) is 0 Å². The first-order valence-corrected chi connectivity index (χ1v) is 7.11. The molecule has 0 atom stereocenters. The fourth-order valence-electron chi connectivity index (χ4n) is 1.38. The second-order valence-corrected chi connectivity index (χ2v) is 6.05. The van der Waals surface area contributed by atoms with E-state index in [9.17, 15) is 8.42 Å². The SMILES string of the molecule is Cc1ccc(C)c(S(=O)(=O)Nc2ncns2)c1. The number of sulfonamides is 1. The molecule has 2 rings (SSSR count). The highest BCUT2D eigenvalue weighted by Gasteiger charge is 2.18. The molecule has 0 saturated heterocycles. The maximum Gasteiger partial charge on any atom is 0.263 e. The Bertz CT molecular complexity index is 621. The van der Waals surface area contributed by atoms with Gasteiger partial charge in [0, 0.05) is 11.5 Å². The fraction of sp³-hybridized carbons (Fsp3) is 0.200. The molecule has 17 heavy (non-hydrogen) atoms. The van der Waals surface area contributed by atoms with E-state index in [0.29, 0.717) is 5.56 Å². The Labute approximate surface area is 104 Å². The van der Waals surface area contributed by atoms with Crippen LogP contribution in [0, 0.1) is 13.8 Å². The number of nitrogens with zero attached hydrogens (tertiary/aromatic N) is 2. The number of hydrogen-bond donors (Lipinski definition) is 1. The number of benzene rings is 1. The lowest BCUT2D eigenvalue weighted by molar-refractivity contribution is 0.600. The van der Waals surface area contributed by atoms with Gasteiger partial charge in [-0.15, -0.1) is 0 Å². The van der Waals surface area contributed by atoms with Crippen molar-refractivity contribution >= 4 is 26.7 Å². The van der Waals surface area contributed by atoms with Gasteiger partial charge in [0.25, 0.3) is 10.0 Å². The summed E-state index contributed by atoms with van der Waals surface area (Å²) in [6.45, 7) is 3.61. The van der Waals surface area contributed by atoms with Crippen LogP contribution in [-0.2, 0) is 10.0 Å². The Morgan fingerprint density at radius 3 is 2.71 bits per heavy atom. The highest BCUT2D eigenvalue weighted by atomic mass is 32.2. The first-order valence-electron chi connectivity index (χ1n) is 4.86. The third-order valence-corrected chi connectivity index (χ3v) is 4.41. The van der Waals surface area contributed by atoms with Gasteiger partial charge in [-0.2, -0.15) is 4.37 Å². The molecule has 0 amide bonds. The normalized spacial score (nSPS) is 11.4. The maximum absolute atomic E-state index is 12.1. The van der Waals surface area contributed by atoms with Gasteiger partial charge >= 0.3 is 0 Å². The van der Waals surface area contributed by atoms with Gasteiger partial charge in [0.05, 0.1) is 4.90 Å². The maximum atomic E-state index is 12.1. The van der Waals surface area contributed by atoms with Crippen molar-refractivity contribution in [2.45, 2.75) is 18.7 Å². The molecule has 90 valence electrons. The molecule has 0 unspecified atom stereocenters. The minimum atomic E-state index is -3.58. The largest absolute Gasteiger partial charge is 0.263 e. The van der Waals surface area contributed by atoms with E-state index in [4.69, 9.17) is 0 Å². The first-order chi connectivity index (χ1) is 7.99. The molecule has 0 aliphatic carbocycles. The van der Waals surface area contributed by atoms with Crippen LogP contribution in [0.5, 0.6) is 0 Å². The van der Waals surface area contributed by atoms with Crippen LogP contribution in [0.4, 0.5) is 5.13 Å². The summed E-state index contributed by atoms with van der Waals surface area (Å²) in [5.41, 5.74) is 1.60. The molecule has 2 aromatic rings. The Kier molecular flexibility index (Phi) is 3.12. The van der Waals surface area contributed by atoms with Crippen LogP contribution in [0.25, 0.3) is 0 Å². The lowest BCUT2D eigenvalue weighted by atomic mass is 10.2. The predicted octanol–water partition coefficient (Wildman–Crippen LogP) is 1.96. The Morgan fingerprint density at radius 2 is 2.06 bits per heavy atom. The Morgan fingerprint density at radius 1 is 1.29 bits per heavy atom. The van der Waals surface area contributed by atoms with Crippen molar-refractivity contribution in [2.75, 3.05) is 4.72 Å². The number of aromatic nitrogens is 2. The van der Waals surface area contributed by atoms with Crippen molar-refractivity contribution in [3.8, 4) is 0 Å². The molecule has 0 bridgehead atoms. The fourth-order valence-corrected chi connectivity index (χ4v) is 3.38. The molecule has 1 heterocycles. The van der Waals surface area contributed by atoms with Crippen LogP contribution in [0.1, 0.15) is 11.1 Å². The summed E-state index contributed by atoms with van der Waals surface area (Å²) in [6.07, 6.45) is 1.31. The van der Waals surface area contributed by atoms with Crippen LogP contribution in [0.3, 0.4) is 0 Å². The third kappa shape index (κ3) is 2.62. The summed E-state index contributed by atoms with van der Waals surface area (Å²) in [5.74, 6) is 0. The summed E-state index contributed by atoms with van der Waals surface area (Å²) < 4.78 is 30.3. The van der Waals surface area contributed by atoms with Gasteiger partial charge in [0.1, 0.15) is 6.33 Å². The van der Waals surface area contributed by atoms with Crippen LogP contribution in [0.2, 0.25) is 0 Å². The summed E-state index contributed by atoms with van der Waals surface area (Å²) in [7, 11) is -3.58. The molecule has 0 fully saturated rings. The van der Waals surface area contributed by atoms with Crippen LogP contribution < -0.4 is 4.72 Å². The van der Waals surface area contributed by atoms with E-state index < -0.39 is 10.0 Å². The highest BCUT2D eigenvalue weighted by Crippen LogP contribution is 2.20. The van der Waals surface area contributed by atoms with Gasteiger partial charge in [0.15, 0.2) is 0 Å². The molecule has 1 aromatic heterocycles. The van der Waals surface area contributed by atoms with Gasteiger partial charge in [-0.25, -0.2) is 13.4 Å². The summed E-state index contributed by atoms with van der Waals surface area (Å²) in [4.78, 5) is 4.07. The molecule has 0 aliphatic heterocycles. The van der Waals surface area contributed by atoms with E-state index >= 15 is 0 Å². The molecule has 7 heteroatoms. The van der Waals surface area contributed by atoms with Crippen LogP contribution >= 0.6 is 11.5 Å². The standard InChI is InChI=1S/C10H11N3O2S2/c1-7-3-4-8(2)9(5-7)17(14,15)13-10-11-6-12-16-10/h3-6H,1-2H3,(H,11,12,13). The average Bonchev–Trinajstić information content (AvgIpc) is 2.73. The number of hydrogen-bond acceptors (Lipinski definition) is 5. The molecule has 5 nitrogen and oxygen atoms in total. The minimum absolute atomic E-state index is 0.269. The van der Waals surface area contributed by atoms with E-state index in [1.54, 1.807) is 19.1 Å². The second kappa shape index (κ2) is 4.42. The predicted molar refractivity (Wildman–Crippen MR) is 66.6 cm³/mol. The molecule has 0 spiro atoms. The molecule has 1 N–H and O–H groups in total. The van der Waals surface area contributed by atoms with Crippen LogP contribution in [-0.4, -0.2) is 17.8 Å². The number of nitrogens with one attached hydrogen (secondary N) is 1. The van der Waals surface area contributed by atoms with Gasteiger partial charge in [0.2, 0.25) is 5.13 Å². The smallest absolute Gasteiger partial charge is 0.253 e. The lowest BCUT2D eigenvalue weighted by Crippen LogP contribution is -2.14. The Hall–Kier alpha value is -1.47. The van der Waals surface area contributed by atoms with E-state index in [0.717, 1.165) is 17.1 Å². The summed E-state index contributed by atoms with van der Waals surface area (Å²) >= 11 is 1.00. The minimum Gasteiger partial charge on any atom is -0.253 e. The molecular formula is C10H11N3O2S2. The average molecular weight is 269 g/mol. The van der Waals surface area contributed by atoms with E-state index in [2.05, 4.69) is 14.1 Å². The molecule has 1 aromatic carbocycles. The van der Waals surface area contributed by atoms with Gasteiger partial charge < -0.3 is 0 Å². The monoisotopic (exact) mass is 269 g/mol. The first kappa shape index (κ1) is 12.0. The number of rotatable bonds is 3. The van der Waals surface area contributed by atoms with E-state index in [-0.39, 0.29) is 10.0 Å². The molecule has 0 saturated carbocycles. The molecule has 0 radical (unpaired) electrons. The van der Waals surface area contributed by atoms with Crippen molar-refractivity contribution in [1.82, 2.24) is 9.36 Å². The van der Waals surface area contributed by atoms with Gasteiger partial charge in [-0.3, -0.25) is 4.72 Å². The van der Waals surface area contributed by atoms with Crippen molar-refractivity contribution < 1.29 is 8.42 Å². The zero-order chi connectivity index (χ0) is 12.5. The third-order valence-electron chi connectivity index (χ3n) is 2.22. The summed E-state index contributed by atoms with van der Waals surface area (Å²) in [5, 5.41) is 0.269. The highest BCUT2D eigenvalue weighted by molar-refractivity contribution is 7.93. The van der Waals surface area contributed by atoms with Crippen molar-refractivity contribution in [2.24, 2.45) is 0 Å². The zero-order valence-corrected chi connectivity index (χ0v) is 11.0. The van der Waals surface area contributed by atoms with E-state index in [1.165, 1.54) is 6.33 Å². The number of anilines is 1. The van der Waals surface area contributed by atoms with E-state index in [1.807, 2.05) is 13.0 Å². The van der Waals surface area contributed by atoms with Crippen molar-refractivity contribution in [3.63, 3.8) is 0 Å². The summed E-state index contributed by atoms with van der Waals surface area (Å²) in [6, 6.07) is 5.29. The zero-order valence-electron chi connectivity index (χ0n) is 9.34. The quantitative estimate of drug-likeness (QED) is 0.924.